The molecule has 1 aromatic heterocycles. The van der Waals surface area contributed by atoms with E-state index in [1.165, 1.54) is 5.56 Å². The maximum absolute atomic E-state index is 12.6. The number of aromatic nitrogens is 2. The Labute approximate surface area is 143 Å². The summed E-state index contributed by atoms with van der Waals surface area (Å²) in [4.78, 5) is 16.9. The van der Waals surface area contributed by atoms with Crippen molar-refractivity contribution < 1.29 is 14.3 Å². The van der Waals surface area contributed by atoms with E-state index in [1.807, 2.05) is 18.0 Å². The Morgan fingerprint density at radius 3 is 2.88 bits per heavy atom. The Hall–Kier alpha value is -1.44. The molecule has 0 unspecified atom stereocenters. The third-order valence-electron chi connectivity index (χ3n) is 5.18. The Bertz CT molecular complexity index is 542. The molecule has 2 atom stereocenters. The van der Waals surface area contributed by atoms with Gasteiger partial charge in [0.25, 0.3) is 0 Å². The van der Waals surface area contributed by atoms with Gasteiger partial charge in [-0.05, 0) is 13.3 Å². The van der Waals surface area contributed by atoms with Crippen LogP contribution in [-0.4, -0.2) is 78.5 Å². The normalized spacial score (nSPS) is 25.8. The lowest BCUT2D eigenvalue weighted by Crippen LogP contribution is -2.47. The molecule has 1 aromatic rings. The van der Waals surface area contributed by atoms with E-state index in [-0.39, 0.29) is 17.9 Å². The number of hydrogen-bond donors (Lipinski definition) is 1. The van der Waals surface area contributed by atoms with Crippen LogP contribution in [0.2, 0.25) is 0 Å². The Morgan fingerprint density at radius 1 is 1.42 bits per heavy atom. The Kier molecular flexibility index (Phi) is 5.86. The second kappa shape index (κ2) is 8.09. The molecule has 2 aliphatic heterocycles. The fraction of sp³-hybridized carbons (Fsp3) is 0.765. The molecule has 1 N–H and O–H groups in total. The first-order valence-corrected chi connectivity index (χ1v) is 8.77. The summed E-state index contributed by atoms with van der Waals surface area (Å²) in [6.45, 7) is 7.52. The minimum absolute atomic E-state index is 0.164. The lowest BCUT2D eigenvalue weighted by atomic mass is 9.90. The third kappa shape index (κ3) is 4.15. The molecule has 24 heavy (non-hydrogen) atoms. The van der Waals surface area contributed by atoms with Crippen molar-refractivity contribution in [2.75, 3.05) is 46.5 Å². The first kappa shape index (κ1) is 17.4. The van der Waals surface area contributed by atoms with Crippen LogP contribution >= 0.6 is 0 Å². The minimum atomic E-state index is 0.164. The molecule has 0 aliphatic carbocycles. The van der Waals surface area contributed by atoms with E-state index in [2.05, 4.69) is 15.1 Å². The summed E-state index contributed by atoms with van der Waals surface area (Å²) >= 11 is 0. The summed E-state index contributed by atoms with van der Waals surface area (Å²) < 4.78 is 11.0. The predicted octanol–water partition coefficient (Wildman–Crippen LogP) is 0.804. The average Bonchev–Trinajstić information content (AvgIpc) is 3.01. The lowest BCUT2D eigenvalue weighted by molar-refractivity contribution is -0.138. The van der Waals surface area contributed by atoms with Gasteiger partial charge in [0.05, 0.1) is 25.5 Å². The molecule has 2 fully saturated rings. The topological polar surface area (TPSA) is 70.7 Å². The molecule has 3 heterocycles. The SMILES string of the molecule is CO[C@@H]1CCN(Cc2cn[nH]c2C)C[C@H]1CC(=O)N1CCOCC1. The van der Waals surface area contributed by atoms with Crippen molar-refractivity contribution in [3.05, 3.63) is 17.5 Å². The number of aryl methyl sites for hydroxylation is 1. The molecule has 3 rings (SSSR count). The lowest BCUT2D eigenvalue weighted by Gasteiger charge is -2.38. The van der Waals surface area contributed by atoms with Gasteiger partial charge in [0.1, 0.15) is 0 Å². The highest BCUT2D eigenvalue weighted by atomic mass is 16.5. The van der Waals surface area contributed by atoms with Crippen LogP contribution < -0.4 is 0 Å². The molecule has 2 aliphatic rings. The number of nitrogens with one attached hydrogen (secondary N) is 1. The van der Waals surface area contributed by atoms with Gasteiger partial charge in [-0.15, -0.1) is 0 Å². The summed E-state index contributed by atoms with van der Waals surface area (Å²) in [5.74, 6) is 0.470. The van der Waals surface area contributed by atoms with Crippen LogP contribution in [-0.2, 0) is 20.8 Å². The van der Waals surface area contributed by atoms with E-state index in [4.69, 9.17) is 9.47 Å². The zero-order chi connectivity index (χ0) is 16.9. The molecule has 7 nitrogen and oxygen atoms in total. The zero-order valence-corrected chi connectivity index (χ0v) is 14.7. The monoisotopic (exact) mass is 336 g/mol. The first-order chi connectivity index (χ1) is 11.7. The first-order valence-electron chi connectivity index (χ1n) is 8.77. The highest BCUT2D eigenvalue weighted by molar-refractivity contribution is 5.76. The van der Waals surface area contributed by atoms with Crippen molar-refractivity contribution in [2.45, 2.75) is 32.4 Å². The Morgan fingerprint density at radius 2 is 2.21 bits per heavy atom. The number of likely N-dealkylation sites (tertiary alicyclic amines) is 1. The van der Waals surface area contributed by atoms with Gasteiger partial charge in [-0.1, -0.05) is 0 Å². The number of amides is 1. The number of nitrogens with zero attached hydrogens (tertiary/aromatic N) is 3. The van der Waals surface area contributed by atoms with E-state index in [9.17, 15) is 4.79 Å². The van der Waals surface area contributed by atoms with Crippen molar-refractivity contribution in [1.82, 2.24) is 20.0 Å². The van der Waals surface area contributed by atoms with Gasteiger partial charge in [0.15, 0.2) is 0 Å². The van der Waals surface area contributed by atoms with Gasteiger partial charge in [-0.25, -0.2) is 0 Å². The van der Waals surface area contributed by atoms with Gasteiger partial charge in [0, 0.05) is 63.4 Å². The number of hydrogen-bond acceptors (Lipinski definition) is 5. The molecule has 1 amide bonds. The molecular formula is C17H28N4O3. The van der Waals surface area contributed by atoms with Gasteiger partial charge in [0.2, 0.25) is 5.91 Å². The molecular weight excluding hydrogens is 308 g/mol. The summed E-state index contributed by atoms with van der Waals surface area (Å²) in [7, 11) is 1.76. The standard InChI is InChI=1S/C17H28N4O3/c1-13-15(10-18-19-13)12-20-4-3-16(23-2)14(11-20)9-17(22)21-5-7-24-8-6-21/h10,14,16H,3-9,11-12H2,1-2H3,(H,18,19)/t14-,16-/m1/s1. The molecule has 0 saturated carbocycles. The van der Waals surface area contributed by atoms with Crippen LogP contribution in [0.25, 0.3) is 0 Å². The average molecular weight is 336 g/mol. The largest absolute Gasteiger partial charge is 0.381 e. The number of methoxy groups -OCH3 is 1. The smallest absolute Gasteiger partial charge is 0.223 e. The summed E-state index contributed by atoms with van der Waals surface area (Å²) in [6.07, 6.45) is 3.58. The van der Waals surface area contributed by atoms with E-state index < -0.39 is 0 Å². The number of piperidine rings is 1. The van der Waals surface area contributed by atoms with Crippen LogP contribution in [0.1, 0.15) is 24.1 Å². The minimum Gasteiger partial charge on any atom is -0.381 e. The second-order valence-corrected chi connectivity index (χ2v) is 6.78. The number of morpholine rings is 1. The number of carbonyl (C=O) groups is 1. The fourth-order valence-electron chi connectivity index (χ4n) is 3.68. The fourth-order valence-corrected chi connectivity index (χ4v) is 3.68. The molecule has 7 heteroatoms. The number of rotatable bonds is 5. The van der Waals surface area contributed by atoms with Gasteiger partial charge in [-0.2, -0.15) is 5.10 Å². The molecule has 2 saturated heterocycles. The van der Waals surface area contributed by atoms with Crippen molar-refractivity contribution >= 4 is 5.91 Å². The highest BCUT2D eigenvalue weighted by Crippen LogP contribution is 2.25. The molecule has 0 spiro atoms. The third-order valence-corrected chi connectivity index (χ3v) is 5.18. The van der Waals surface area contributed by atoms with Crippen LogP contribution in [0.4, 0.5) is 0 Å². The van der Waals surface area contributed by atoms with E-state index in [0.29, 0.717) is 32.7 Å². The van der Waals surface area contributed by atoms with E-state index in [0.717, 1.165) is 31.7 Å². The summed E-state index contributed by atoms with van der Waals surface area (Å²) in [6, 6.07) is 0. The summed E-state index contributed by atoms with van der Waals surface area (Å²) in [5, 5.41) is 7.09. The van der Waals surface area contributed by atoms with Gasteiger partial charge < -0.3 is 14.4 Å². The van der Waals surface area contributed by atoms with E-state index >= 15 is 0 Å². The number of H-pyrrole nitrogens is 1. The molecule has 134 valence electrons. The van der Waals surface area contributed by atoms with Crippen molar-refractivity contribution in [3.63, 3.8) is 0 Å². The van der Waals surface area contributed by atoms with Crippen LogP contribution in [0.5, 0.6) is 0 Å². The van der Waals surface area contributed by atoms with E-state index in [1.54, 1.807) is 7.11 Å². The van der Waals surface area contributed by atoms with Gasteiger partial charge in [-0.3, -0.25) is 14.8 Å². The number of ether oxygens (including phenoxy) is 2. The maximum atomic E-state index is 12.6. The predicted molar refractivity (Wildman–Crippen MR) is 89.5 cm³/mol. The van der Waals surface area contributed by atoms with Crippen molar-refractivity contribution in [1.29, 1.82) is 0 Å². The van der Waals surface area contributed by atoms with Crippen LogP contribution in [0, 0.1) is 12.8 Å². The van der Waals surface area contributed by atoms with Crippen LogP contribution in [0.15, 0.2) is 6.20 Å². The number of aromatic amines is 1. The van der Waals surface area contributed by atoms with Crippen molar-refractivity contribution in [2.24, 2.45) is 5.92 Å². The number of carbonyl (C=O) groups excluding carboxylic acids is 1. The maximum Gasteiger partial charge on any atom is 0.223 e. The Balaban J connectivity index is 1.58. The summed E-state index contributed by atoms with van der Waals surface area (Å²) in [5.41, 5.74) is 2.34. The molecule has 0 aromatic carbocycles. The van der Waals surface area contributed by atoms with Crippen LogP contribution in [0.3, 0.4) is 0 Å². The van der Waals surface area contributed by atoms with Crippen molar-refractivity contribution in [3.8, 4) is 0 Å². The highest BCUT2D eigenvalue weighted by Gasteiger charge is 2.32. The molecule has 0 radical (unpaired) electrons. The molecule has 0 bridgehead atoms. The van der Waals surface area contributed by atoms with Gasteiger partial charge >= 0.3 is 0 Å². The second-order valence-electron chi connectivity index (χ2n) is 6.78. The quantitative estimate of drug-likeness (QED) is 0.861. The zero-order valence-electron chi connectivity index (χ0n) is 14.7.